The standard InChI is InChI=1S/C12H16BrNO/c13-11-4-1-3-10(7-11)8-15-9-12-5-2-6-14-12/h1,3-4,7,12,14H,2,5-6,8-9H2. The molecule has 1 aromatic rings. The van der Waals surface area contributed by atoms with E-state index in [4.69, 9.17) is 4.74 Å². The summed E-state index contributed by atoms with van der Waals surface area (Å²) in [6, 6.07) is 8.82. The van der Waals surface area contributed by atoms with Gasteiger partial charge in [0.1, 0.15) is 0 Å². The molecule has 1 aliphatic rings. The molecule has 1 aromatic carbocycles. The Morgan fingerprint density at radius 3 is 3.13 bits per heavy atom. The number of rotatable bonds is 4. The average Bonchev–Trinajstić information content (AvgIpc) is 2.71. The highest BCUT2D eigenvalue weighted by molar-refractivity contribution is 9.10. The van der Waals surface area contributed by atoms with E-state index in [-0.39, 0.29) is 0 Å². The van der Waals surface area contributed by atoms with Crippen LogP contribution < -0.4 is 5.32 Å². The van der Waals surface area contributed by atoms with Crippen molar-refractivity contribution in [3.63, 3.8) is 0 Å². The molecule has 1 fully saturated rings. The number of halogens is 1. The minimum absolute atomic E-state index is 0.567. The number of nitrogens with one attached hydrogen (secondary N) is 1. The van der Waals surface area contributed by atoms with Gasteiger partial charge in [-0.25, -0.2) is 0 Å². The summed E-state index contributed by atoms with van der Waals surface area (Å²) in [6.45, 7) is 2.68. The zero-order valence-electron chi connectivity index (χ0n) is 8.71. The molecule has 0 aromatic heterocycles. The predicted octanol–water partition coefficient (Wildman–Crippen LogP) is 2.72. The first-order valence-corrected chi connectivity index (χ1v) is 6.19. The predicted molar refractivity (Wildman–Crippen MR) is 64.8 cm³/mol. The van der Waals surface area contributed by atoms with Crippen molar-refractivity contribution in [2.75, 3.05) is 13.2 Å². The highest BCUT2D eigenvalue weighted by atomic mass is 79.9. The summed E-state index contributed by atoms with van der Waals surface area (Å²) >= 11 is 3.45. The van der Waals surface area contributed by atoms with E-state index in [1.54, 1.807) is 0 Å². The summed E-state index contributed by atoms with van der Waals surface area (Å²) in [6.07, 6.45) is 2.53. The van der Waals surface area contributed by atoms with Crippen LogP contribution in [-0.2, 0) is 11.3 Å². The molecule has 2 rings (SSSR count). The molecular formula is C12H16BrNO. The van der Waals surface area contributed by atoms with Gasteiger partial charge in [-0.05, 0) is 37.1 Å². The second kappa shape index (κ2) is 5.64. The lowest BCUT2D eigenvalue weighted by molar-refractivity contribution is 0.103. The van der Waals surface area contributed by atoms with E-state index in [2.05, 4.69) is 33.4 Å². The summed E-state index contributed by atoms with van der Waals surface area (Å²) in [5, 5.41) is 3.42. The van der Waals surface area contributed by atoms with E-state index >= 15 is 0 Å². The van der Waals surface area contributed by atoms with Crippen LogP contribution in [0.25, 0.3) is 0 Å². The van der Waals surface area contributed by atoms with Crippen molar-refractivity contribution in [1.82, 2.24) is 5.32 Å². The van der Waals surface area contributed by atoms with Crippen LogP contribution in [0.2, 0.25) is 0 Å². The third-order valence-corrected chi connectivity index (χ3v) is 3.13. The molecule has 0 aliphatic carbocycles. The van der Waals surface area contributed by atoms with E-state index in [0.717, 1.165) is 17.6 Å². The Morgan fingerprint density at radius 2 is 2.40 bits per heavy atom. The molecule has 0 spiro atoms. The normalized spacial score (nSPS) is 20.7. The lowest BCUT2D eigenvalue weighted by Gasteiger charge is -2.10. The first-order valence-electron chi connectivity index (χ1n) is 5.40. The molecule has 0 radical (unpaired) electrons. The zero-order valence-corrected chi connectivity index (χ0v) is 10.3. The van der Waals surface area contributed by atoms with Crippen molar-refractivity contribution >= 4 is 15.9 Å². The maximum atomic E-state index is 5.68. The molecule has 1 atom stereocenters. The Morgan fingerprint density at radius 1 is 1.47 bits per heavy atom. The van der Waals surface area contributed by atoms with Gasteiger partial charge >= 0.3 is 0 Å². The van der Waals surface area contributed by atoms with Gasteiger partial charge in [0, 0.05) is 10.5 Å². The molecule has 0 amide bonds. The molecule has 1 aliphatic heterocycles. The molecule has 0 bridgehead atoms. The van der Waals surface area contributed by atoms with Gasteiger partial charge in [-0.15, -0.1) is 0 Å². The van der Waals surface area contributed by atoms with Crippen molar-refractivity contribution < 1.29 is 4.74 Å². The SMILES string of the molecule is Brc1cccc(COCC2CCCN2)c1. The van der Waals surface area contributed by atoms with Crippen molar-refractivity contribution in [2.24, 2.45) is 0 Å². The van der Waals surface area contributed by atoms with Crippen LogP contribution >= 0.6 is 15.9 Å². The van der Waals surface area contributed by atoms with Crippen LogP contribution in [0, 0.1) is 0 Å². The van der Waals surface area contributed by atoms with Crippen LogP contribution in [-0.4, -0.2) is 19.2 Å². The lowest BCUT2D eigenvalue weighted by Crippen LogP contribution is -2.26. The minimum atomic E-state index is 0.567. The average molecular weight is 270 g/mol. The number of hydrogen-bond acceptors (Lipinski definition) is 2. The summed E-state index contributed by atoms with van der Waals surface area (Å²) in [5.74, 6) is 0. The maximum absolute atomic E-state index is 5.68. The van der Waals surface area contributed by atoms with E-state index in [0.29, 0.717) is 12.6 Å². The van der Waals surface area contributed by atoms with Gasteiger partial charge in [0.2, 0.25) is 0 Å². The topological polar surface area (TPSA) is 21.3 Å². The molecule has 2 nitrogen and oxygen atoms in total. The van der Waals surface area contributed by atoms with Gasteiger partial charge < -0.3 is 10.1 Å². The Labute approximate surface area is 99.1 Å². The zero-order chi connectivity index (χ0) is 10.5. The third-order valence-electron chi connectivity index (χ3n) is 2.64. The first-order chi connectivity index (χ1) is 7.34. The lowest BCUT2D eigenvalue weighted by atomic mass is 10.2. The highest BCUT2D eigenvalue weighted by Gasteiger charge is 2.13. The molecule has 1 heterocycles. The van der Waals surface area contributed by atoms with Crippen LogP contribution in [0.3, 0.4) is 0 Å². The minimum Gasteiger partial charge on any atom is -0.375 e. The van der Waals surface area contributed by atoms with E-state index in [9.17, 15) is 0 Å². The van der Waals surface area contributed by atoms with Crippen LogP contribution in [0.4, 0.5) is 0 Å². The fourth-order valence-corrected chi connectivity index (χ4v) is 2.29. The fourth-order valence-electron chi connectivity index (χ4n) is 1.84. The van der Waals surface area contributed by atoms with E-state index in [1.807, 2.05) is 12.1 Å². The number of hydrogen-bond donors (Lipinski definition) is 1. The number of benzene rings is 1. The summed E-state index contributed by atoms with van der Waals surface area (Å²) < 4.78 is 6.79. The highest BCUT2D eigenvalue weighted by Crippen LogP contribution is 2.13. The van der Waals surface area contributed by atoms with Gasteiger partial charge in [0.05, 0.1) is 13.2 Å². The van der Waals surface area contributed by atoms with Gasteiger partial charge in [-0.1, -0.05) is 28.1 Å². The second-order valence-corrected chi connectivity index (χ2v) is 4.85. The summed E-state index contributed by atoms with van der Waals surface area (Å²) in [5.41, 5.74) is 1.22. The Hall–Kier alpha value is -0.380. The summed E-state index contributed by atoms with van der Waals surface area (Å²) in [7, 11) is 0. The van der Waals surface area contributed by atoms with Crippen LogP contribution in [0.15, 0.2) is 28.7 Å². The Bertz CT molecular complexity index is 310. The molecule has 0 saturated carbocycles. The molecule has 3 heteroatoms. The third kappa shape index (κ3) is 3.59. The van der Waals surface area contributed by atoms with Crippen LogP contribution in [0.1, 0.15) is 18.4 Å². The Balaban J connectivity index is 1.73. The monoisotopic (exact) mass is 269 g/mol. The van der Waals surface area contributed by atoms with Crippen molar-refractivity contribution in [1.29, 1.82) is 0 Å². The molecule has 82 valence electrons. The van der Waals surface area contributed by atoms with Gasteiger partial charge in [0.15, 0.2) is 0 Å². The number of ether oxygens (including phenoxy) is 1. The van der Waals surface area contributed by atoms with E-state index in [1.165, 1.54) is 18.4 Å². The van der Waals surface area contributed by atoms with Crippen molar-refractivity contribution in [2.45, 2.75) is 25.5 Å². The molecule has 1 N–H and O–H groups in total. The maximum Gasteiger partial charge on any atom is 0.0718 e. The smallest absolute Gasteiger partial charge is 0.0718 e. The summed E-state index contributed by atoms with van der Waals surface area (Å²) in [4.78, 5) is 0. The molecular weight excluding hydrogens is 254 g/mol. The first kappa shape index (κ1) is 11.1. The molecule has 1 unspecified atom stereocenters. The largest absolute Gasteiger partial charge is 0.375 e. The fraction of sp³-hybridized carbons (Fsp3) is 0.500. The Kier molecular flexibility index (Phi) is 4.18. The quantitative estimate of drug-likeness (QED) is 0.908. The van der Waals surface area contributed by atoms with Crippen LogP contribution in [0.5, 0.6) is 0 Å². The van der Waals surface area contributed by atoms with Crippen molar-refractivity contribution in [3.8, 4) is 0 Å². The van der Waals surface area contributed by atoms with Gasteiger partial charge in [-0.2, -0.15) is 0 Å². The van der Waals surface area contributed by atoms with Gasteiger partial charge in [0.25, 0.3) is 0 Å². The van der Waals surface area contributed by atoms with Gasteiger partial charge in [-0.3, -0.25) is 0 Å². The molecule has 15 heavy (non-hydrogen) atoms. The van der Waals surface area contributed by atoms with Crippen molar-refractivity contribution in [3.05, 3.63) is 34.3 Å². The molecule has 1 saturated heterocycles. The van der Waals surface area contributed by atoms with E-state index < -0.39 is 0 Å². The second-order valence-electron chi connectivity index (χ2n) is 3.94.